The number of aliphatic hydroxyl groups is 1. The van der Waals surface area contributed by atoms with Crippen LogP contribution in [0.25, 0.3) is 0 Å². The predicted octanol–water partition coefficient (Wildman–Crippen LogP) is 1.12. The number of aliphatic hydroxyl groups excluding tert-OH is 1. The summed E-state index contributed by atoms with van der Waals surface area (Å²) in [6.07, 6.45) is -1.92. The Morgan fingerprint density at radius 1 is 1.21 bits per heavy atom. The molecule has 9 nitrogen and oxygen atoms in total. The maximum atomic E-state index is 12.2. The van der Waals surface area contributed by atoms with Gasteiger partial charge >= 0.3 is 23.5 Å². The van der Waals surface area contributed by atoms with Gasteiger partial charge in [0.05, 0.1) is 6.61 Å². The number of fused-ring (bicyclic) bond motifs is 1. The molecule has 0 aliphatic carbocycles. The highest BCUT2D eigenvalue weighted by molar-refractivity contribution is 6.76. The van der Waals surface area contributed by atoms with Gasteiger partial charge in [-0.2, -0.15) is 0 Å². The van der Waals surface area contributed by atoms with E-state index in [-0.39, 0.29) is 23.2 Å². The standard InChI is InChI=1S/C18H32N2O7Si2/c1-10(2)28-26-16-13(9-24-29(27-28,11(3)4)12(5)6)25-17(15(16)22)20-8-7-14(21)19-18(20)23/h7-8,10-13,15-17,22,28H,9H2,1-6H3,(H,19,21,23)/t13-,15-,16-,17-,28?/m1/s1. The Labute approximate surface area is 173 Å². The van der Waals surface area contributed by atoms with Crippen molar-refractivity contribution in [2.45, 2.75) is 82.7 Å². The average Bonchev–Trinajstić information content (AvgIpc) is 2.89. The molecule has 1 aromatic rings. The highest BCUT2D eigenvalue weighted by Gasteiger charge is 2.54. The Morgan fingerprint density at radius 2 is 1.86 bits per heavy atom. The summed E-state index contributed by atoms with van der Waals surface area (Å²) in [5.74, 6) is 0. The van der Waals surface area contributed by atoms with E-state index in [4.69, 9.17) is 17.7 Å². The van der Waals surface area contributed by atoms with Crippen LogP contribution in [0.5, 0.6) is 0 Å². The first kappa shape index (κ1) is 22.6. The molecule has 0 spiro atoms. The summed E-state index contributed by atoms with van der Waals surface area (Å²) < 4.78 is 26.7. The molecule has 5 atom stereocenters. The third-order valence-electron chi connectivity index (χ3n) is 5.65. The number of aromatic nitrogens is 2. The van der Waals surface area contributed by atoms with Crippen molar-refractivity contribution in [1.82, 2.24) is 9.55 Å². The largest absolute Gasteiger partial charge is 0.416 e. The normalized spacial score (nSPS) is 32.4. The van der Waals surface area contributed by atoms with Crippen molar-refractivity contribution < 1.29 is 22.8 Å². The highest BCUT2D eigenvalue weighted by Crippen LogP contribution is 2.41. The molecular weight excluding hydrogens is 412 g/mol. The lowest BCUT2D eigenvalue weighted by Gasteiger charge is -2.44. The van der Waals surface area contributed by atoms with Crippen LogP contribution in [0, 0.1) is 0 Å². The molecule has 3 rings (SSSR count). The summed E-state index contributed by atoms with van der Waals surface area (Å²) in [5, 5.41) is 10.9. The van der Waals surface area contributed by atoms with Crippen molar-refractivity contribution in [2.75, 3.05) is 6.61 Å². The van der Waals surface area contributed by atoms with Gasteiger partial charge in [0.1, 0.15) is 18.3 Å². The lowest BCUT2D eigenvalue weighted by molar-refractivity contribution is -0.0583. The van der Waals surface area contributed by atoms with Gasteiger partial charge in [0.2, 0.25) is 0 Å². The minimum atomic E-state index is -2.59. The van der Waals surface area contributed by atoms with Gasteiger partial charge in [-0.05, 0) is 16.6 Å². The Bertz CT molecular complexity index is 817. The van der Waals surface area contributed by atoms with E-state index in [1.807, 2.05) is 0 Å². The van der Waals surface area contributed by atoms with Gasteiger partial charge in [0, 0.05) is 12.3 Å². The molecule has 2 N–H and O–H groups in total. The lowest BCUT2D eigenvalue weighted by atomic mass is 10.1. The van der Waals surface area contributed by atoms with Crippen LogP contribution in [0.1, 0.15) is 47.8 Å². The van der Waals surface area contributed by atoms with Crippen molar-refractivity contribution in [2.24, 2.45) is 0 Å². The van der Waals surface area contributed by atoms with Gasteiger partial charge in [0.15, 0.2) is 6.23 Å². The maximum absolute atomic E-state index is 12.2. The molecule has 29 heavy (non-hydrogen) atoms. The number of hydrogen-bond donors (Lipinski definition) is 2. The van der Waals surface area contributed by atoms with Crippen molar-refractivity contribution in [3.05, 3.63) is 33.1 Å². The van der Waals surface area contributed by atoms with Crippen molar-refractivity contribution in [3.63, 3.8) is 0 Å². The van der Waals surface area contributed by atoms with Crippen molar-refractivity contribution in [3.8, 4) is 0 Å². The molecule has 1 unspecified atom stereocenters. The molecule has 3 heterocycles. The van der Waals surface area contributed by atoms with Gasteiger partial charge in [-0.15, -0.1) is 0 Å². The fourth-order valence-corrected chi connectivity index (χ4v) is 12.7. The average molecular weight is 445 g/mol. The van der Waals surface area contributed by atoms with Gasteiger partial charge in [0.25, 0.3) is 5.56 Å². The number of nitrogens with one attached hydrogen (secondary N) is 1. The fraction of sp³-hybridized carbons (Fsp3) is 0.778. The van der Waals surface area contributed by atoms with Crippen LogP contribution < -0.4 is 11.2 Å². The molecule has 2 fully saturated rings. The second-order valence-electron chi connectivity index (χ2n) is 8.75. The predicted molar refractivity (Wildman–Crippen MR) is 111 cm³/mol. The first-order chi connectivity index (χ1) is 13.6. The van der Waals surface area contributed by atoms with Crippen LogP contribution in [0.3, 0.4) is 0 Å². The quantitative estimate of drug-likeness (QED) is 0.669. The van der Waals surface area contributed by atoms with Gasteiger partial charge < -0.3 is 22.8 Å². The molecule has 0 amide bonds. The van der Waals surface area contributed by atoms with Crippen LogP contribution in [0.2, 0.25) is 16.6 Å². The molecule has 11 heteroatoms. The number of H-pyrrole nitrogens is 1. The van der Waals surface area contributed by atoms with E-state index in [0.29, 0.717) is 0 Å². The molecule has 0 saturated carbocycles. The molecule has 0 bridgehead atoms. The topological polar surface area (TPSA) is 112 Å². The van der Waals surface area contributed by atoms with Crippen molar-refractivity contribution in [1.29, 1.82) is 0 Å². The smallest absolute Gasteiger partial charge is 0.334 e. The molecule has 0 radical (unpaired) electrons. The summed E-state index contributed by atoms with van der Waals surface area (Å²) >= 11 is 0. The molecule has 164 valence electrons. The minimum absolute atomic E-state index is 0.170. The van der Waals surface area contributed by atoms with Gasteiger partial charge in [-0.1, -0.05) is 41.5 Å². The molecule has 2 saturated heterocycles. The summed E-state index contributed by atoms with van der Waals surface area (Å²) in [6.45, 7) is 12.8. The van der Waals surface area contributed by atoms with Crippen LogP contribution in [0.15, 0.2) is 21.9 Å². The monoisotopic (exact) mass is 444 g/mol. The van der Waals surface area contributed by atoms with Crippen LogP contribution in [0.4, 0.5) is 0 Å². The summed E-state index contributed by atoms with van der Waals surface area (Å²) in [7, 11) is -4.80. The van der Waals surface area contributed by atoms with E-state index in [0.717, 1.165) is 0 Å². The van der Waals surface area contributed by atoms with Crippen molar-refractivity contribution >= 4 is 17.8 Å². The third-order valence-corrected chi connectivity index (χ3v) is 13.6. The number of hydrogen-bond acceptors (Lipinski definition) is 7. The summed E-state index contributed by atoms with van der Waals surface area (Å²) in [4.78, 5) is 25.8. The number of nitrogens with zero attached hydrogens (tertiary/aromatic N) is 1. The Hall–Kier alpha value is -1.09. The first-order valence-corrected chi connectivity index (χ1v) is 13.8. The van der Waals surface area contributed by atoms with Crippen LogP contribution in [-0.4, -0.2) is 57.4 Å². The van der Waals surface area contributed by atoms with E-state index in [9.17, 15) is 14.7 Å². The first-order valence-electron chi connectivity index (χ1n) is 10.2. The summed E-state index contributed by atoms with van der Waals surface area (Å²) in [6, 6.07) is 1.22. The summed E-state index contributed by atoms with van der Waals surface area (Å²) in [5.41, 5.74) is -0.530. The van der Waals surface area contributed by atoms with Crippen LogP contribution >= 0.6 is 0 Å². The Morgan fingerprint density at radius 3 is 2.41 bits per heavy atom. The molecule has 2 aliphatic rings. The Balaban J connectivity index is 1.94. The van der Waals surface area contributed by atoms with Gasteiger partial charge in [-0.3, -0.25) is 14.3 Å². The highest BCUT2D eigenvalue weighted by atomic mass is 28.4. The second kappa shape index (κ2) is 8.57. The molecular formula is C18H32N2O7Si2. The second-order valence-corrected chi connectivity index (χ2v) is 16.1. The fourth-order valence-electron chi connectivity index (χ4n) is 4.06. The number of aromatic amines is 1. The molecule has 2 aliphatic heterocycles. The van der Waals surface area contributed by atoms with Gasteiger partial charge in [-0.25, -0.2) is 4.79 Å². The van der Waals surface area contributed by atoms with E-state index in [1.54, 1.807) is 0 Å². The van der Waals surface area contributed by atoms with E-state index >= 15 is 0 Å². The third kappa shape index (κ3) is 4.22. The molecule has 0 aromatic carbocycles. The number of rotatable bonds is 4. The Kier molecular flexibility index (Phi) is 6.68. The zero-order chi connectivity index (χ0) is 21.5. The SMILES string of the molecule is CC(C)[SiH]1O[C@H]2[C@@H](O)[C@H](n3ccc(=O)[nH]c3=O)O[C@@H]2CO[Si](C(C)C)(C(C)C)O1. The zero-order valence-corrected chi connectivity index (χ0v) is 20.0. The van der Waals surface area contributed by atoms with E-state index in [1.165, 1.54) is 16.8 Å². The van der Waals surface area contributed by atoms with Crippen LogP contribution in [-0.2, 0) is 17.7 Å². The molecule has 1 aromatic heterocycles. The zero-order valence-electron chi connectivity index (χ0n) is 17.8. The number of ether oxygens (including phenoxy) is 1. The maximum Gasteiger partial charge on any atom is 0.334 e. The van der Waals surface area contributed by atoms with E-state index < -0.39 is 53.6 Å². The lowest BCUT2D eigenvalue weighted by Crippen LogP contribution is -2.58. The minimum Gasteiger partial charge on any atom is -0.416 e. The van der Waals surface area contributed by atoms with E-state index in [2.05, 4.69) is 46.5 Å².